The molecule has 1 aliphatic heterocycles. The quantitative estimate of drug-likeness (QED) is 0.353. The first kappa shape index (κ1) is 23.0. The molecule has 1 saturated carbocycles. The molecule has 2 atom stereocenters. The lowest BCUT2D eigenvalue weighted by Gasteiger charge is -2.37. The summed E-state index contributed by atoms with van der Waals surface area (Å²) in [6, 6.07) is 16.2. The minimum absolute atomic E-state index is 0.0282. The number of ether oxygens (including phenoxy) is 1. The summed E-state index contributed by atoms with van der Waals surface area (Å²) in [4.78, 5) is 38.1. The number of allylic oxidation sites excluding steroid dienone is 3. The topological polar surface area (TPSA) is 98.5 Å². The van der Waals surface area contributed by atoms with Crippen molar-refractivity contribution in [2.75, 3.05) is 0 Å². The van der Waals surface area contributed by atoms with Crippen LogP contribution in [0.15, 0.2) is 77.1 Å². The number of nitrogens with zero attached hydrogens (tertiary/aromatic N) is 1. The molecule has 0 unspecified atom stereocenters. The van der Waals surface area contributed by atoms with Gasteiger partial charge in [-0.1, -0.05) is 42.5 Å². The number of benzene rings is 2. The van der Waals surface area contributed by atoms with Gasteiger partial charge in [-0.15, -0.1) is 0 Å². The van der Waals surface area contributed by atoms with Gasteiger partial charge in [0.2, 0.25) is 0 Å². The van der Waals surface area contributed by atoms with Crippen molar-refractivity contribution in [2.24, 2.45) is 0 Å². The zero-order chi connectivity index (χ0) is 24.5. The number of rotatable bonds is 5. The molecule has 7 nitrogen and oxygen atoms in total. The zero-order valence-corrected chi connectivity index (χ0v) is 19.7. The van der Waals surface area contributed by atoms with Gasteiger partial charge in [0, 0.05) is 41.4 Å². The maximum absolute atomic E-state index is 13.6. The summed E-state index contributed by atoms with van der Waals surface area (Å²) in [6.45, 7) is 1.82. The van der Waals surface area contributed by atoms with Crippen LogP contribution in [-0.4, -0.2) is 22.8 Å². The standard InChI is InChI=1S/C28H28N2O5/c1-17-25(28(32)35-22-12-5-6-13-22)26(19-10-7-11-21(14-19)30(33)34)27-23(29-17)15-20(16-24(27)31)18-8-3-2-4-9-18/h2-4,7-11,14,20,22,26,29H,5-6,12-13,15-16H2,1H3/t20-,26+/m1/s1. The molecule has 0 aromatic heterocycles. The minimum atomic E-state index is -0.704. The second-order valence-electron chi connectivity index (χ2n) is 9.59. The van der Waals surface area contributed by atoms with Gasteiger partial charge in [0.1, 0.15) is 6.10 Å². The Balaban J connectivity index is 1.57. The highest BCUT2D eigenvalue weighted by atomic mass is 16.6. The van der Waals surface area contributed by atoms with E-state index < -0.39 is 16.8 Å². The van der Waals surface area contributed by atoms with E-state index in [1.165, 1.54) is 12.1 Å². The van der Waals surface area contributed by atoms with Gasteiger partial charge in [0.15, 0.2) is 5.78 Å². The van der Waals surface area contributed by atoms with Crippen molar-refractivity contribution < 1.29 is 19.2 Å². The number of carbonyl (C=O) groups is 2. The van der Waals surface area contributed by atoms with Crippen LogP contribution >= 0.6 is 0 Å². The van der Waals surface area contributed by atoms with Crippen molar-refractivity contribution in [3.05, 3.63) is 98.4 Å². The second-order valence-corrected chi connectivity index (χ2v) is 9.59. The van der Waals surface area contributed by atoms with Crippen LogP contribution < -0.4 is 5.32 Å². The predicted octanol–water partition coefficient (Wildman–Crippen LogP) is 5.44. The van der Waals surface area contributed by atoms with E-state index in [2.05, 4.69) is 5.32 Å². The average molecular weight is 473 g/mol. The summed E-state index contributed by atoms with van der Waals surface area (Å²) in [5.74, 6) is -1.18. The molecular formula is C28H28N2O5. The Kier molecular flexibility index (Phi) is 6.24. The highest BCUT2D eigenvalue weighted by Crippen LogP contribution is 2.46. The largest absolute Gasteiger partial charge is 0.459 e. The average Bonchev–Trinajstić information content (AvgIpc) is 3.36. The molecule has 0 bridgehead atoms. The molecule has 2 aromatic carbocycles. The number of esters is 1. The van der Waals surface area contributed by atoms with Crippen LogP contribution in [0.1, 0.15) is 68.4 Å². The maximum Gasteiger partial charge on any atom is 0.337 e. The Labute approximate surface area is 204 Å². The molecule has 35 heavy (non-hydrogen) atoms. The molecule has 1 heterocycles. The van der Waals surface area contributed by atoms with Gasteiger partial charge in [-0.3, -0.25) is 14.9 Å². The molecule has 7 heteroatoms. The van der Waals surface area contributed by atoms with Crippen LogP contribution in [0.3, 0.4) is 0 Å². The van der Waals surface area contributed by atoms with E-state index in [-0.39, 0.29) is 23.5 Å². The van der Waals surface area contributed by atoms with Crippen molar-refractivity contribution in [3.63, 3.8) is 0 Å². The lowest BCUT2D eigenvalue weighted by Crippen LogP contribution is -2.36. The van der Waals surface area contributed by atoms with Gasteiger partial charge >= 0.3 is 5.97 Å². The van der Waals surface area contributed by atoms with Crippen molar-refractivity contribution in [1.82, 2.24) is 5.32 Å². The van der Waals surface area contributed by atoms with Crippen LogP contribution in [-0.2, 0) is 14.3 Å². The minimum Gasteiger partial charge on any atom is -0.459 e. The van der Waals surface area contributed by atoms with Crippen LogP contribution in [0, 0.1) is 10.1 Å². The Bertz CT molecular complexity index is 1240. The first-order valence-electron chi connectivity index (χ1n) is 12.2. The number of Topliss-reactive ketones (excluding diaryl/α,β-unsaturated/α-hetero) is 1. The zero-order valence-electron chi connectivity index (χ0n) is 19.7. The van der Waals surface area contributed by atoms with Crippen LogP contribution in [0.25, 0.3) is 0 Å². The number of hydrogen-bond donors (Lipinski definition) is 1. The monoisotopic (exact) mass is 472 g/mol. The molecule has 3 aliphatic rings. The summed E-state index contributed by atoms with van der Waals surface area (Å²) in [5.41, 5.74) is 3.86. The highest BCUT2D eigenvalue weighted by Gasteiger charge is 2.42. The highest BCUT2D eigenvalue weighted by molar-refractivity contribution is 6.04. The van der Waals surface area contributed by atoms with Crippen LogP contribution in [0.2, 0.25) is 0 Å². The Morgan fingerprint density at radius 2 is 1.74 bits per heavy atom. The van der Waals surface area contributed by atoms with Gasteiger partial charge in [-0.2, -0.15) is 0 Å². The number of nitrogens with one attached hydrogen (secondary N) is 1. The van der Waals surface area contributed by atoms with Gasteiger partial charge in [0.25, 0.3) is 5.69 Å². The van der Waals surface area contributed by atoms with E-state index in [0.717, 1.165) is 36.9 Å². The summed E-state index contributed by atoms with van der Waals surface area (Å²) in [5, 5.41) is 14.8. The van der Waals surface area contributed by atoms with Crippen molar-refractivity contribution >= 4 is 17.4 Å². The molecule has 5 rings (SSSR count). The first-order chi connectivity index (χ1) is 16.9. The number of nitro groups is 1. The third-order valence-electron chi connectivity index (χ3n) is 7.31. The molecule has 0 amide bonds. The van der Waals surface area contributed by atoms with E-state index in [0.29, 0.717) is 35.2 Å². The molecule has 2 aliphatic carbocycles. The second kappa shape index (κ2) is 9.49. The fourth-order valence-corrected chi connectivity index (χ4v) is 5.64. The van der Waals surface area contributed by atoms with E-state index >= 15 is 0 Å². The summed E-state index contributed by atoms with van der Waals surface area (Å²) < 4.78 is 5.85. The van der Waals surface area contributed by atoms with Gasteiger partial charge in [-0.25, -0.2) is 4.79 Å². The summed E-state index contributed by atoms with van der Waals surface area (Å²) >= 11 is 0. The Morgan fingerprint density at radius 1 is 1.03 bits per heavy atom. The molecule has 180 valence electrons. The molecular weight excluding hydrogens is 444 g/mol. The third-order valence-corrected chi connectivity index (χ3v) is 7.31. The fourth-order valence-electron chi connectivity index (χ4n) is 5.64. The van der Waals surface area contributed by atoms with Gasteiger partial charge < -0.3 is 10.1 Å². The lowest BCUT2D eigenvalue weighted by molar-refractivity contribution is -0.384. The van der Waals surface area contributed by atoms with Gasteiger partial charge in [-0.05, 0) is 56.1 Å². The number of dihydropyridines is 1. The number of ketones is 1. The van der Waals surface area contributed by atoms with E-state index in [9.17, 15) is 19.7 Å². The Morgan fingerprint density at radius 3 is 2.46 bits per heavy atom. The number of hydrogen-bond acceptors (Lipinski definition) is 6. The van der Waals surface area contributed by atoms with Crippen molar-refractivity contribution in [1.29, 1.82) is 0 Å². The lowest BCUT2D eigenvalue weighted by atomic mass is 9.71. The number of non-ortho nitro benzene ring substituents is 1. The van der Waals surface area contributed by atoms with Crippen molar-refractivity contribution in [2.45, 2.75) is 63.4 Å². The maximum atomic E-state index is 13.6. The molecule has 2 aromatic rings. The molecule has 1 fully saturated rings. The third kappa shape index (κ3) is 4.50. The predicted molar refractivity (Wildman–Crippen MR) is 130 cm³/mol. The smallest absolute Gasteiger partial charge is 0.337 e. The van der Waals surface area contributed by atoms with E-state index in [1.54, 1.807) is 12.1 Å². The number of nitro benzene ring substituents is 1. The SMILES string of the molecule is CC1=C(C(=O)OC2CCCC2)[C@H](c2cccc([N+](=O)[O-])c2)C2=C(C[C@@H](c3ccccc3)CC2=O)N1. The summed E-state index contributed by atoms with van der Waals surface area (Å²) in [7, 11) is 0. The number of carbonyl (C=O) groups excluding carboxylic acids is 2. The molecule has 0 saturated heterocycles. The molecule has 0 radical (unpaired) electrons. The normalized spacial score (nSPS) is 22.6. The van der Waals surface area contributed by atoms with E-state index in [1.807, 2.05) is 37.3 Å². The Hall–Kier alpha value is -3.74. The molecule has 1 N–H and O–H groups in total. The van der Waals surface area contributed by atoms with E-state index in [4.69, 9.17) is 4.74 Å². The van der Waals surface area contributed by atoms with Crippen LogP contribution in [0.5, 0.6) is 0 Å². The van der Waals surface area contributed by atoms with Crippen LogP contribution in [0.4, 0.5) is 5.69 Å². The van der Waals surface area contributed by atoms with Gasteiger partial charge in [0.05, 0.1) is 10.5 Å². The first-order valence-corrected chi connectivity index (χ1v) is 12.2. The fraction of sp³-hybridized carbons (Fsp3) is 0.357. The summed E-state index contributed by atoms with van der Waals surface area (Å²) in [6.07, 6.45) is 4.53. The molecule has 0 spiro atoms. The van der Waals surface area contributed by atoms with Crippen molar-refractivity contribution in [3.8, 4) is 0 Å².